The Morgan fingerprint density at radius 1 is 1.09 bits per heavy atom. The van der Waals surface area contributed by atoms with Gasteiger partial charge < -0.3 is 34.2 Å². The van der Waals surface area contributed by atoms with Crippen molar-refractivity contribution in [1.29, 1.82) is 0 Å². The monoisotopic (exact) mass is 559 g/mol. The van der Waals surface area contributed by atoms with Gasteiger partial charge in [0.15, 0.2) is 0 Å². The van der Waals surface area contributed by atoms with Crippen molar-refractivity contribution in [3.8, 4) is 0 Å². The number of nitrogens with one attached hydrogen (secondary N) is 1. The number of aromatic nitrogens is 1. The van der Waals surface area contributed by atoms with Crippen molar-refractivity contribution in [2.24, 2.45) is 0 Å². The zero-order valence-corrected chi connectivity index (χ0v) is 21.9. The van der Waals surface area contributed by atoms with Gasteiger partial charge in [0.05, 0.1) is 10.7 Å². The predicted octanol–water partition coefficient (Wildman–Crippen LogP) is 3.21. The number of para-hydroxylation sites is 1. The van der Waals surface area contributed by atoms with Gasteiger partial charge in [-0.15, -0.1) is 0 Å². The number of fused-ring (bicyclic) bond motifs is 2. The average Bonchev–Trinajstić information content (AvgIpc) is 3.10. The second-order valence-corrected chi connectivity index (χ2v) is 8.93. The zero-order chi connectivity index (χ0) is 21.8. The van der Waals surface area contributed by atoms with Crippen LogP contribution in [0, 0.1) is 0 Å². The first kappa shape index (κ1) is 24.6. The van der Waals surface area contributed by atoms with Crippen LogP contribution in [-0.2, 0) is 11.3 Å². The summed E-state index contributed by atoms with van der Waals surface area (Å²) in [7, 11) is 0. The number of amides is 1. The number of anilines is 2. The van der Waals surface area contributed by atoms with E-state index in [1.54, 1.807) is 18.7 Å². The van der Waals surface area contributed by atoms with Gasteiger partial charge in [-0.2, -0.15) is 4.57 Å². The third-order valence-electron chi connectivity index (χ3n) is 5.60. The summed E-state index contributed by atoms with van der Waals surface area (Å²) in [6.07, 6.45) is 5.94. The minimum Gasteiger partial charge on any atom is -1.00 e. The van der Waals surface area contributed by atoms with Crippen molar-refractivity contribution in [2.75, 3.05) is 16.8 Å². The molecule has 4 rings (SSSR count). The van der Waals surface area contributed by atoms with Crippen LogP contribution < -0.4 is 38.8 Å². The van der Waals surface area contributed by atoms with Gasteiger partial charge in [-0.1, -0.05) is 37.2 Å². The van der Waals surface area contributed by atoms with E-state index in [-0.39, 0.29) is 29.9 Å². The molecule has 0 fully saturated rings. The molecule has 168 valence electrons. The minimum absolute atomic E-state index is 0. The average molecular weight is 560 g/mol. The van der Waals surface area contributed by atoms with E-state index in [4.69, 9.17) is 0 Å². The molecule has 0 aliphatic carbocycles. The highest BCUT2D eigenvalue weighted by molar-refractivity contribution is 8.03. The largest absolute Gasteiger partial charge is 1.00 e. The van der Waals surface area contributed by atoms with Gasteiger partial charge in [0, 0.05) is 54.1 Å². The number of unbranched alkanes of at least 4 members (excludes halogenated alkanes) is 2. The zero-order valence-electron chi connectivity index (χ0n) is 18.9. The lowest BCUT2D eigenvalue weighted by Crippen LogP contribution is -3.00. The lowest BCUT2D eigenvalue weighted by atomic mass is 10.1. The molecular weight excluding hydrogens is 529 g/mol. The van der Waals surface area contributed by atoms with Crippen LogP contribution in [0.3, 0.4) is 0 Å². The Bertz CT molecular complexity index is 1150. The van der Waals surface area contributed by atoms with Crippen LogP contribution in [-0.4, -0.2) is 12.5 Å². The lowest BCUT2D eigenvalue weighted by molar-refractivity contribution is -0.673. The van der Waals surface area contributed by atoms with E-state index in [1.807, 2.05) is 6.07 Å². The summed E-state index contributed by atoms with van der Waals surface area (Å²) in [6.45, 7) is 7.89. The van der Waals surface area contributed by atoms with Crippen LogP contribution >= 0.6 is 11.8 Å². The Morgan fingerprint density at radius 3 is 2.66 bits per heavy atom. The SMILES string of the molecule is CCCCC[n+]1c(/C=C2\Sc3cc(NC(C)=O)ccc3N2CC)ccc2ccccc21.[I-]. The van der Waals surface area contributed by atoms with Gasteiger partial charge in [0.2, 0.25) is 17.1 Å². The quantitative estimate of drug-likeness (QED) is 0.275. The fraction of sp³-hybridized carbons (Fsp3) is 0.308. The molecule has 1 aromatic heterocycles. The maximum Gasteiger partial charge on any atom is 0.221 e. The van der Waals surface area contributed by atoms with Crippen molar-refractivity contribution in [2.45, 2.75) is 51.5 Å². The summed E-state index contributed by atoms with van der Waals surface area (Å²) < 4.78 is 2.46. The first-order valence-corrected chi connectivity index (χ1v) is 11.9. The van der Waals surface area contributed by atoms with Crippen LogP contribution in [0.1, 0.15) is 45.7 Å². The van der Waals surface area contributed by atoms with Crippen molar-refractivity contribution in [3.63, 3.8) is 0 Å². The highest BCUT2D eigenvalue weighted by atomic mass is 127. The molecule has 2 aromatic carbocycles. The molecule has 4 nitrogen and oxygen atoms in total. The normalized spacial score (nSPS) is 13.8. The third-order valence-corrected chi connectivity index (χ3v) is 6.69. The summed E-state index contributed by atoms with van der Waals surface area (Å²) >= 11 is 1.77. The number of benzene rings is 2. The van der Waals surface area contributed by atoms with Crippen molar-refractivity contribution >= 4 is 46.0 Å². The molecule has 0 spiro atoms. The van der Waals surface area contributed by atoms with E-state index in [2.05, 4.69) is 83.2 Å². The van der Waals surface area contributed by atoms with Crippen LogP contribution in [0.4, 0.5) is 11.4 Å². The fourth-order valence-corrected chi connectivity index (χ4v) is 5.33. The highest BCUT2D eigenvalue weighted by Gasteiger charge is 2.26. The molecule has 0 bridgehead atoms. The lowest BCUT2D eigenvalue weighted by Gasteiger charge is -2.18. The Balaban J connectivity index is 0.00000289. The molecule has 0 saturated carbocycles. The Kier molecular flexibility index (Phi) is 8.59. The van der Waals surface area contributed by atoms with Gasteiger partial charge in [0.1, 0.15) is 6.54 Å². The summed E-state index contributed by atoms with van der Waals surface area (Å²) in [4.78, 5) is 15.0. The van der Waals surface area contributed by atoms with Gasteiger partial charge in [-0.05, 0) is 43.7 Å². The highest BCUT2D eigenvalue weighted by Crippen LogP contribution is 2.47. The van der Waals surface area contributed by atoms with E-state index < -0.39 is 0 Å². The molecule has 1 aliphatic heterocycles. The number of halogens is 1. The molecule has 0 saturated heterocycles. The summed E-state index contributed by atoms with van der Waals surface area (Å²) in [5.74, 6) is -0.0460. The van der Waals surface area contributed by atoms with Gasteiger partial charge in [0.25, 0.3) is 0 Å². The Hall–Kier alpha value is -2.06. The molecule has 2 heterocycles. The van der Waals surface area contributed by atoms with E-state index in [1.165, 1.54) is 51.5 Å². The molecule has 0 atom stereocenters. The first-order chi connectivity index (χ1) is 15.1. The molecule has 0 unspecified atom stereocenters. The molecule has 1 amide bonds. The standard InChI is InChI=1S/C26H29N3OS.HI/c1-4-6-9-16-29-22(14-12-20-10-7-8-11-23(20)29)18-26-28(5-2)24-15-13-21(27-19(3)30)17-25(24)31-26;/h7-8,10-15,17-18H,4-6,9,16H2,1-3H3;1H. The Labute approximate surface area is 212 Å². The van der Waals surface area contributed by atoms with Crippen LogP contribution in [0.2, 0.25) is 0 Å². The molecule has 3 aromatic rings. The summed E-state index contributed by atoms with van der Waals surface area (Å²) in [6, 6.07) is 19.2. The number of nitrogens with zero attached hydrogens (tertiary/aromatic N) is 2. The number of pyridine rings is 1. The molecule has 1 aliphatic rings. The summed E-state index contributed by atoms with van der Waals surface area (Å²) in [5.41, 5.74) is 4.55. The molecule has 32 heavy (non-hydrogen) atoms. The molecule has 1 N–H and O–H groups in total. The number of hydrogen-bond donors (Lipinski definition) is 1. The van der Waals surface area contributed by atoms with Gasteiger partial charge in [-0.3, -0.25) is 4.79 Å². The maximum atomic E-state index is 11.4. The third kappa shape index (κ3) is 5.29. The fourth-order valence-electron chi connectivity index (χ4n) is 4.12. The number of carbonyl (C=O) groups excluding carboxylic acids is 1. The second-order valence-electron chi connectivity index (χ2n) is 7.87. The molecular formula is C26H30IN3OS. The predicted molar refractivity (Wildman–Crippen MR) is 131 cm³/mol. The molecule has 6 heteroatoms. The first-order valence-electron chi connectivity index (χ1n) is 11.1. The number of rotatable bonds is 7. The maximum absolute atomic E-state index is 11.4. The van der Waals surface area contributed by atoms with E-state index >= 15 is 0 Å². The van der Waals surface area contributed by atoms with Crippen LogP contribution in [0.15, 0.2) is 64.5 Å². The van der Waals surface area contributed by atoms with Crippen LogP contribution in [0.25, 0.3) is 17.0 Å². The van der Waals surface area contributed by atoms with E-state index in [0.29, 0.717) is 0 Å². The molecule has 0 radical (unpaired) electrons. The number of hydrogen-bond acceptors (Lipinski definition) is 3. The summed E-state index contributed by atoms with van der Waals surface area (Å²) in [5, 5.41) is 5.39. The van der Waals surface area contributed by atoms with Gasteiger partial charge >= 0.3 is 0 Å². The van der Waals surface area contributed by atoms with Crippen molar-refractivity contribution in [3.05, 3.63) is 65.3 Å². The number of aryl methyl sites for hydroxylation is 1. The minimum atomic E-state index is -0.0460. The van der Waals surface area contributed by atoms with Crippen molar-refractivity contribution < 1.29 is 33.3 Å². The second kappa shape index (κ2) is 11.2. The van der Waals surface area contributed by atoms with E-state index in [0.717, 1.165) is 18.8 Å². The topological polar surface area (TPSA) is 36.2 Å². The Morgan fingerprint density at radius 2 is 1.91 bits per heavy atom. The van der Waals surface area contributed by atoms with E-state index in [9.17, 15) is 4.79 Å². The van der Waals surface area contributed by atoms with Crippen LogP contribution in [0.5, 0.6) is 0 Å². The number of carbonyl (C=O) groups is 1. The number of thioether (sulfide) groups is 1. The van der Waals surface area contributed by atoms with Gasteiger partial charge in [-0.25, -0.2) is 0 Å². The smallest absolute Gasteiger partial charge is 0.221 e. The van der Waals surface area contributed by atoms with Crippen molar-refractivity contribution in [1.82, 2.24) is 0 Å².